The van der Waals surface area contributed by atoms with Gasteiger partial charge < -0.3 is 10.6 Å². The summed E-state index contributed by atoms with van der Waals surface area (Å²) in [5.41, 5.74) is -1.97. The molecule has 29 heavy (non-hydrogen) atoms. The number of alkyl halides is 6. The van der Waals surface area contributed by atoms with Crippen molar-refractivity contribution >= 4 is 0 Å². The quantitative estimate of drug-likeness (QED) is 0.644. The highest BCUT2D eigenvalue weighted by atomic mass is 19.4. The van der Waals surface area contributed by atoms with Crippen LogP contribution in [-0.2, 0) is 18.9 Å². The maximum atomic E-state index is 13.2. The molecule has 0 aliphatic carbocycles. The lowest BCUT2D eigenvalue weighted by Gasteiger charge is -2.34. The second kappa shape index (κ2) is 8.31. The predicted octanol–water partition coefficient (Wildman–Crippen LogP) is 5.45. The lowest BCUT2D eigenvalue weighted by Crippen LogP contribution is -2.45. The third-order valence-electron chi connectivity index (χ3n) is 4.90. The molecule has 158 valence electrons. The molecule has 0 amide bonds. The van der Waals surface area contributed by atoms with Gasteiger partial charge in [0.15, 0.2) is 0 Å². The summed E-state index contributed by atoms with van der Waals surface area (Å²) in [7, 11) is 0. The lowest BCUT2D eigenvalue weighted by molar-refractivity contribution is -0.143. The fraction of sp³-hybridized carbons (Fsp3) is 0.400. The van der Waals surface area contributed by atoms with E-state index in [4.69, 9.17) is 0 Å². The third-order valence-corrected chi connectivity index (χ3v) is 4.90. The normalized spacial score (nSPS) is 20.7. The van der Waals surface area contributed by atoms with Gasteiger partial charge in [0, 0.05) is 18.6 Å². The minimum atomic E-state index is -4.88. The molecule has 9 heteroatoms. The molecule has 0 bridgehead atoms. The number of benzene rings is 2. The van der Waals surface area contributed by atoms with Crippen LogP contribution in [0.4, 0.5) is 30.7 Å². The van der Waals surface area contributed by atoms with E-state index in [9.17, 15) is 30.7 Å². The topological polar surface area (TPSA) is 24.1 Å². The molecule has 1 saturated heterocycles. The first-order valence-electron chi connectivity index (χ1n) is 9.04. The zero-order valence-corrected chi connectivity index (χ0v) is 15.2. The van der Waals surface area contributed by atoms with Gasteiger partial charge in [0.2, 0.25) is 0 Å². The molecule has 2 aromatic carbocycles. The Bertz CT molecular complexity index is 796. The molecule has 2 aromatic rings. The Hall–Kier alpha value is -2.13. The van der Waals surface area contributed by atoms with Crippen LogP contribution < -0.4 is 10.6 Å². The van der Waals surface area contributed by atoms with Crippen molar-refractivity contribution in [2.45, 2.75) is 43.8 Å². The third kappa shape index (κ3) is 5.48. The highest BCUT2D eigenvalue weighted by Crippen LogP contribution is 2.36. The average Bonchev–Trinajstić information content (AvgIpc) is 2.66. The van der Waals surface area contributed by atoms with Gasteiger partial charge in [-0.1, -0.05) is 12.1 Å². The van der Waals surface area contributed by atoms with E-state index in [2.05, 4.69) is 10.6 Å². The smallest absolute Gasteiger partial charge is 0.309 e. The van der Waals surface area contributed by atoms with Crippen LogP contribution in [0, 0.1) is 5.82 Å². The van der Waals surface area contributed by atoms with Crippen LogP contribution in [0.1, 0.15) is 41.1 Å². The molecule has 0 saturated carbocycles. The van der Waals surface area contributed by atoms with Gasteiger partial charge in [0.25, 0.3) is 0 Å². The summed E-state index contributed by atoms with van der Waals surface area (Å²) < 4.78 is 91.3. The van der Waals surface area contributed by atoms with Crippen LogP contribution in [-0.4, -0.2) is 12.6 Å². The molecule has 0 unspecified atom stereocenters. The van der Waals surface area contributed by atoms with Crippen LogP contribution in [0.3, 0.4) is 0 Å². The van der Waals surface area contributed by atoms with Gasteiger partial charge in [-0.25, -0.2) is 4.39 Å². The van der Waals surface area contributed by atoms with E-state index < -0.39 is 29.3 Å². The van der Waals surface area contributed by atoms with Gasteiger partial charge in [-0.2, -0.15) is 26.3 Å². The van der Waals surface area contributed by atoms with Crippen molar-refractivity contribution in [3.05, 3.63) is 70.5 Å². The number of hydrogen-bond donors (Lipinski definition) is 2. The van der Waals surface area contributed by atoms with E-state index in [1.807, 2.05) is 0 Å². The van der Waals surface area contributed by atoms with Crippen molar-refractivity contribution in [3.8, 4) is 0 Å². The molecule has 0 radical (unpaired) electrons. The average molecular weight is 420 g/mol. The molecule has 1 fully saturated rings. The summed E-state index contributed by atoms with van der Waals surface area (Å²) in [4.78, 5) is 0. The summed E-state index contributed by atoms with van der Waals surface area (Å²) in [6.45, 7) is 0.555. The standard InChI is InChI=1S/C20H19F7N2/c21-16-5-3-13(4-6-16)18-17(2-1-7-28-18)29-11-12-8-14(19(22,23)24)10-15(9-12)20(25,26)27/h3-6,8-10,17-18,28-29H,1-2,7,11H2/t17-,18-/m1/s1. The summed E-state index contributed by atoms with van der Waals surface area (Å²) in [6, 6.07) is 6.97. The summed E-state index contributed by atoms with van der Waals surface area (Å²) in [5.74, 6) is -0.391. The molecule has 1 aliphatic heterocycles. The van der Waals surface area contributed by atoms with Gasteiger partial charge in [-0.05, 0) is 60.8 Å². The molecule has 3 rings (SSSR count). The molecular weight excluding hydrogens is 401 g/mol. The Kier molecular flexibility index (Phi) is 6.19. The van der Waals surface area contributed by atoms with E-state index in [0.717, 1.165) is 24.1 Å². The van der Waals surface area contributed by atoms with Crippen LogP contribution in [0.15, 0.2) is 42.5 Å². The van der Waals surface area contributed by atoms with Crippen molar-refractivity contribution in [1.82, 2.24) is 10.6 Å². The minimum Gasteiger partial charge on any atom is -0.309 e. The number of piperidine rings is 1. The van der Waals surface area contributed by atoms with Gasteiger partial charge in [-0.15, -0.1) is 0 Å². The zero-order valence-electron chi connectivity index (χ0n) is 15.2. The summed E-state index contributed by atoms with van der Waals surface area (Å²) in [6.07, 6.45) is -8.27. The molecule has 2 N–H and O–H groups in total. The van der Waals surface area contributed by atoms with E-state index in [1.165, 1.54) is 12.1 Å². The number of halogens is 7. The highest BCUT2D eigenvalue weighted by molar-refractivity contribution is 5.34. The summed E-state index contributed by atoms with van der Waals surface area (Å²) in [5, 5.41) is 6.33. The first-order valence-corrected chi connectivity index (χ1v) is 9.04. The second-order valence-electron chi connectivity index (χ2n) is 7.03. The van der Waals surface area contributed by atoms with Crippen LogP contribution in [0.25, 0.3) is 0 Å². The van der Waals surface area contributed by atoms with Crippen molar-refractivity contribution in [1.29, 1.82) is 0 Å². The van der Waals surface area contributed by atoms with Gasteiger partial charge in [0.1, 0.15) is 5.82 Å². The predicted molar refractivity (Wildman–Crippen MR) is 93.5 cm³/mol. The SMILES string of the molecule is Fc1ccc([C@H]2NCCC[C@H]2NCc2cc(C(F)(F)F)cc(C(F)(F)F)c2)cc1. The van der Waals surface area contributed by atoms with Crippen molar-refractivity contribution in [2.24, 2.45) is 0 Å². The second-order valence-corrected chi connectivity index (χ2v) is 7.03. The van der Waals surface area contributed by atoms with Gasteiger partial charge in [0.05, 0.1) is 11.1 Å². The van der Waals surface area contributed by atoms with Gasteiger partial charge in [-0.3, -0.25) is 0 Å². The first kappa shape index (κ1) is 21.6. The Morgan fingerprint density at radius 3 is 2.03 bits per heavy atom. The van der Waals surface area contributed by atoms with Crippen molar-refractivity contribution in [2.75, 3.05) is 6.54 Å². The Morgan fingerprint density at radius 2 is 1.48 bits per heavy atom. The first-order chi connectivity index (χ1) is 13.5. The van der Waals surface area contributed by atoms with E-state index >= 15 is 0 Å². The maximum absolute atomic E-state index is 13.2. The summed E-state index contributed by atoms with van der Waals surface area (Å²) >= 11 is 0. The Morgan fingerprint density at radius 1 is 0.897 bits per heavy atom. The molecule has 2 nitrogen and oxygen atoms in total. The van der Waals surface area contributed by atoms with Crippen LogP contribution in [0.2, 0.25) is 0 Å². The Balaban J connectivity index is 1.80. The number of hydrogen-bond acceptors (Lipinski definition) is 2. The van der Waals surface area contributed by atoms with E-state index in [-0.39, 0.29) is 30.3 Å². The van der Waals surface area contributed by atoms with E-state index in [1.54, 1.807) is 12.1 Å². The van der Waals surface area contributed by atoms with Crippen LogP contribution >= 0.6 is 0 Å². The molecule has 1 aliphatic rings. The molecular formula is C20H19F7N2. The lowest BCUT2D eigenvalue weighted by atomic mass is 9.92. The molecule has 1 heterocycles. The zero-order chi connectivity index (χ0) is 21.2. The minimum absolute atomic E-state index is 0.101. The van der Waals surface area contributed by atoms with Crippen molar-refractivity contribution < 1.29 is 30.7 Å². The molecule has 2 atom stereocenters. The van der Waals surface area contributed by atoms with Crippen molar-refractivity contribution in [3.63, 3.8) is 0 Å². The number of nitrogens with one attached hydrogen (secondary N) is 2. The molecule has 0 aromatic heterocycles. The fourth-order valence-corrected chi connectivity index (χ4v) is 3.50. The largest absolute Gasteiger partial charge is 0.416 e. The molecule has 0 spiro atoms. The number of rotatable bonds is 4. The maximum Gasteiger partial charge on any atom is 0.416 e. The van der Waals surface area contributed by atoms with Gasteiger partial charge >= 0.3 is 12.4 Å². The van der Waals surface area contributed by atoms with E-state index in [0.29, 0.717) is 13.0 Å². The van der Waals surface area contributed by atoms with Crippen LogP contribution in [0.5, 0.6) is 0 Å². The fourth-order valence-electron chi connectivity index (χ4n) is 3.50. The monoisotopic (exact) mass is 420 g/mol. The Labute approximate surface area is 163 Å². The highest BCUT2D eigenvalue weighted by Gasteiger charge is 2.37.